The Labute approximate surface area is 88.1 Å². The Bertz CT molecular complexity index is 434. The third-order valence-corrected chi connectivity index (χ3v) is 2.84. The highest BCUT2D eigenvalue weighted by Crippen LogP contribution is 2.18. The van der Waals surface area contributed by atoms with Crippen molar-refractivity contribution in [2.75, 3.05) is 6.26 Å². The van der Waals surface area contributed by atoms with Gasteiger partial charge >= 0.3 is 0 Å². The predicted octanol–water partition coefficient (Wildman–Crippen LogP) is 3.24. The first-order valence-corrected chi connectivity index (χ1v) is 6.08. The number of nitrogens with zero attached hydrogens (tertiary/aromatic N) is 1. The summed E-state index contributed by atoms with van der Waals surface area (Å²) in [4.78, 5) is 7.74. The molecule has 2 rings (SSSR count). The minimum atomic E-state index is 0.994. The molecule has 74 valence electrons. The van der Waals surface area contributed by atoms with Crippen molar-refractivity contribution < 1.29 is 0 Å². The second-order valence-electron chi connectivity index (χ2n) is 3.35. The molecule has 0 atom stereocenters. The zero-order valence-electron chi connectivity index (χ0n) is 8.50. The third kappa shape index (κ3) is 1.77. The smallest absolute Gasteiger partial charge is 0.166 e. The summed E-state index contributed by atoms with van der Waals surface area (Å²) in [5.41, 5.74) is 3.60. The van der Waals surface area contributed by atoms with E-state index < -0.39 is 0 Å². The van der Waals surface area contributed by atoms with Crippen molar-refractivity contribution >= 4 is 22.8 Å². The van der Waals surface area contributed by atoms with Crippen LogP contribution in [0.5, 0.6) is 0 Å². The summed E-state index contributed by atoms with van der Waals surface area (Å²) in [6, 6.07) is 6.46. The lowest BCUT2D eigenvalue weighted by Crippen LogP contribution is -1.81. The van der Waals surface area contributed by atoms with Crippen molar-refractivity contribution in [3.8, 4) is 0 Å². The van der Waals surface area contributed by atoms with E-state index in [1.807, 2.05) is 6.26 Å². The second-order valence-corrected chi connectivity index (χ2v) is 4.14. The molecule has 0 fully saturated rings. The Morgan fingerprint density at radius 3 is 3.00 bits per heavy atom. The van der Waals surface area contributed by atoms with E-state index in [0.29, 0.717) is 0 Å². The van der Waals surface area contributed by atoms with Crippen LogP contribution in [0.1, 0.15) is 18.9 Å². The monoisotopic (exact) mass is 206 g/mol. The highest BCUT2D eigenvalue weighted by Gasteiger charge is 2.01. The largest absolute Gasteiger partial charge is 0.333 e. The summed E-state index contributed by atoms with van der Waals surface area (Å²) in [5, 5.41) is 0.994. The van der Waals surface area contributed by atoms with Crippen LogP contribution in [-0.2, 0) is 6.42 Å². The zero-order valence-corrected chi connectivity index (χ0v) is 9.32. The number of thioether (sulfide) groups is 1. The summed E-state index contributed by atoms with van der Waals surface area (Å²) < 4.78 is 0. The number of H-pyrrole nitrogens is 1. The van der Waals surface area contributed by atoms with Gasteiger partial charge in [0, 0.05) is 0 Å². The average molecular weight is 206 g/mol. The molecule has 1 N–H and O–H groups in total. The van der Waals surface area contributed by atoms with Crippen LogP contribution in [-0.4, -0.2) is 16.2 Å². The maximum absolute atomic E-state index is 4.44. The maximum atomic E-state index is 4.44. The molecule has 2 aromatic rings. The molecule has 0 unspecified atom stereocenters. The normalized spacial score (nSPS) is 11.0. The summed E-state index contributed by atoms with van der Waals surface area (Å²) >= 11 is 1.65. The van der Waals surface area contributed by atoms with E-state index in [1.54, 1.807) is 11.8 Å². The number of imidazole rings is 1. The number of fused-ring (bicyclic) bond motifs is 1. The number of aromatic amines is 1. The predicted molar refractivity (Wildman–Crippen MR) is 61.9 cm³/mol. The molecule has 2 nitrogen and oxygen atoms in total. The average Bonchev–Trinajstić information content (AvgIpc) is 2.60. The quantitative estimate of drug-likeness (QED) is 0.781. The topological polar surface area (TPSA) is 28.7 Å². The van der Waals surface area contributed by atoms with Crippen molar-refractivity contribution in [2.45, 2.75) is 24.9 Å². The molecular weight excluding hydrogens is 192 g/mol. The van der Waals surface area contributed by atoms with E-state index in [1.165, 1.54) is 12.0 Å². The molecule has 0 saturated carbocycles. The van der Waals surface area contributed by atoms with Gasteiger partial charge in [-0.3, -0.25) is 0 Å². The Morgan fingerprint density at radius 1 is 1.43 bits per heavy atom. The SMILES string of the molecule is CCCc1ccc2nc(SC)[nH]c2c1. The van der Waals surface area contributed by atoms with Crippen molar-refractivity contribution in [1.82, 2.24) is 9.97 Å². The van der Waals surface area contributed by atoms with E-state index in [0.717, 1.165) is 22.6 Å². The van der Waals surface area contributed by atoms with E-state index in [-0.39, 0.29) is 0 Å². The molecule has 0 bridgehead atoms. The van der Waals surface area contributed by atoms with Gasteiger partial charge in [0.05, 0.1) is 11.0 Å². The molecule has 0 amide bonds. The fraction of sp³-hybridized carbons (Fsp3) is 0.364. The lowest BCUT2D eigenvalue weighted by molar-refractivity contribution is 0.923. The lowest BCUT2D eigenvalue weighted by Gasteiger charge is -1.96. The third-order valence-electron chi connectivity index (χ3n) is 2.26. The number of aromatic nitrogens is 2. The zero-order chi connectivity index (χ0) is 9.97. The summed E-state index contributed by atoms with van der Waals surface area (Å²) in [6.45, 7) is 2.20. The van der Waals surface area contributed by atoms with Gasteiger partial charge in [-0.2, -0.15) is 0 Å². The van der Waals surface area contributed by atoms with Crippen molar-refractivity contribution in [3.05, 3.63) is 23.8 Å². The van der Waals surface area contributed by atoms with Crippen molar-refractivity contribution in [2.24, 2.45) is 0 Å². The maximum Gasteiger partial charge on any atom is 0.166 e. The number of rotatable bonds is 3. The van der Waals surface area contributed by atoms with Gasteiger partial charge in [0.1, 0.15) is 0 Å². The minimum absolute atomic E-state index is 0.994. The van der Waals surface area contributed by atoms with E-state index in [9.17, 15) is 0 Å². The Hall–Kier alpha value is -0.960. The minimum Gasteiger partial charge on any atom is -0.333 e. The van der Waals surface area contributed by atoms with Gasteiger partial charge in [0.25, 0.3) is 0 Å². The Kier molecular flexibility index (Phi) is 2.77. The van der Waals surface area contributed by atoms with E-state index >= 15 is 0 Å². The Balaban J connectivity index is 2.43. The highest BCUT2D eigenvalue weighted by atomic mass is 32.2. The van der Waals surface area contributed by atoms with Gasteiger partial charge in [-0.15, -0.1) is 0 Å². The molecule has 14 heavy (non-hydrogen) atoms. The first-order valence-electron chi connectivity index (χ1n) is 4.86. The fourth-order valence-corrected chi connectivity index (χ4v) is 1.98. The number of aryl methyl sites for hydroxylation is 1. The Morgan fingerprint density at radius 2 is 2.29 bits per heavy atom. The van der Waals surface area contributed by atoms with Crippen LogP contribution in [0.15, 0.2) is 23.4 Å². The van der Waals surface area contributed by atoms with Gasteiger partial charge in [0.2, 0.25) is 0 Å². The first kappa shape index (κ1) is 9.59. The molecule has 1 heterocycles. The standard InChI is InChI=1S/C11H14N2S/c1-3-4-8-5-6-9-10(7-8)13-11(12-9)14-2/h5-7H,3-4H2,1-2H3,(H,12,13). The molecule has 0 aliphatic carbocycles. The van der Waals surface area contributed by atoms with Crippen molar-refractivity contribution in [3.63, 3.8) is 0 Å². The van der Waals surface area contributed by atoms with E-state index in [2.05, 4.69) is 35.1 Å². The van der Waals surface area contributed by atoms with Crippen LogP contribution >= 0.6 is 11.8 Å². The van der Waals surface area contributed by atoms with Gasteiger partial charge in [-0.25, -0.2) is 4.98 Å². The first-order chi connectivity index (χ1) is 6.83. The summed E-state index contributed by atoms with van der Waals surface area (Å²) in [5.74, 6) is 0. The van der Waals surface area contributed by atoms with Gasteiger partial charge < -0.3 is 4.98 Å². The van der Waals surface area contributed by atoms with E-state index in [4.69, 9.17) is 0 Å². The molecule has 1 aromatic heterocycles. The van der Waals surface area contributed by atoms with Crippen molar-refractivity contribution in [1.29, 1.82) is 0 Å². The van der Waals surface area contributed by atoms with Crippen LogP contribution in [0.2, 0.25) is 0 Å². The molecule has 0 radical (unpaired) electrons. The fourth-order valence-electron chi connectivity index (χ4n) is 1.57. The van der Waals surface area contributed by atoms with Gasteiger partial charge in [-0.1, -0.05) is 31.2 Å². The molecule has 0 aliphatic rings. The molecule has 0 spiro atoms. The molecular formula is C11H14N2S. The van der Waals surface area contributed by atoms with Gasteiger partial charge in [-0.05, 0) is 30.4 Å². The van der Waals surface area contributed by atoms with Crippen LogP contribution in [0.3, 0.4) is 0 Å². The van der Waals surface area contributed by atoms with Crippen LogP contribution < -0.4 is 0 Å². The number of nitrogens with one attached hydrogen (secondary N) is 1. The molecule has 1 aromatic carbocycles. The van der Waals surface area contributed by atoms with Gasteiger partial charge in [0.15, 0.2) is 5.16 Å². The number of benzene rings is 1. The molecule has 0 saturated heterocycles. The number of hydrogen-bond donors (Lipinski definition) is 1. The number of hydrogen-bond acceptors (Lipinski definition) is 2. The molecule has 0 aliphatic heterocycles. The summed E-state index contributed by atoms with van der Waals surface area (Å²) in [6.07, 6.45) is 4.36. The highest BCUT2D eigenvalue weighted by molar-refractivity contribution is 7.98. The summed E-state index contributed by atoms with van der Waals surface area (Å²) in [7, 11) is 0. The van der Waals surface area contributed by atoms with Crippen LogP contribution in [0, 0.1) is 0 Å². The van der Waals surface area contributed by atoms with Crippen LogP contribution in [0.25, 0.3) is 11.0 Å². The lowest BCUT2D eigenvalue weighted by atomic mass is 10.1. The second kappa shape index (κ2) is 4.05. The van der Waals surface area contributed by atoms with Crippen LogP contribution in [0.4, 0.5) is 0 Å². The molecule has 3 heteroatoms.